The van der Waals surface area contributed by atoms with E-state index in [0.29, 0.717) is 0 Å². The molecule has 1 aromatic carbocycles. The topological polar surface area (TPSA) is 24.7 Å². The molecule has 0 N–H and O–H groups in total. The summed E-state index contributed by atoms with van der Waals surface area (Å²) in [5.41, 5.74) is 8.23. The normalized spacial score (nSPS) is 14.9. The van der Waals surface area contributed by atoms with Crippen LogP contribution in [-0.2, 0) is 0 Å². The summed E-state index contributed by atoms with van der Waals surface area (Å²) < 4.78 is 0. The smallest absolute Gasteiger partial charge is 0.157 e. The van der Waals surface area contributed by atoms with Gasteiger partial charge in [0.25, 0.3) is 0 Å². The highest BCUT2D eigenvalue weighted by atomic mass is 15.4. The monoisotopic (exact) mass is 188 g/mol. The van der Waals surface area contributed by atoms with E-state index in [1.54, 1.807) is 0 Å². The quantitative estimate of drug-likeness (QED) is 0.642. The van der Waals surface area contributed by atoms with E-state index in [-0.39, 0.29) is 6.17 Å². The second kappa shape index (κ2) is 2.91. The van der Waals surface area contributed by atoms with Crippen LogP contribution in [0.5, 0.6) is 0 Å². The van der Waals surface area contributed by atoms with Crippen LogP contribution in [0.3, 0.4) is 0 Å². The van der Waals surface area contributed by atoms with Crippen molar-refractivity contribution in [3.05, 3.63) is 33.4 Å². The molecule has 0 saturated heterocycles. The second-order valence-corrected chi connectivity index (χ2v) is 4.14. The Kier molecular flexibility index (Phi) is 1.95. The molecule has 0 fully saturated rings. The molecule has 1 aliphatic heterocycles. The van der Waals surface area contributed by atoms with Crippen molar-refractivity contribution in [2.24, 2.45) is 10.2 Å². The number of benzene rings is 1. The molecular formula is C12H16N2. The predicted molar refractivity (Wildman–Crippen MR) is 57.7 cm³/mol. The molecule has 0 atom stereocenters. The third-order valence-corrected chi connectivity index (χ3v) is 3.55. The zero-order valence-electron chi connectivity index (χ0n) is 9.47. The molecule has 2 rings (SSSR count). The van der Waals surface area contributed by atoms with Crippen LogP contribution in [0, 0.1) is 34.6 Å². The molecule has 0 amide bonds. The van der Waals surface area contributed by atoms with Gasteiger partial charge in [0.1, 0.15) is 0 Å². The van der Waals surface area contributed by atoms with Crippen molar-refractivity contribution in [3.8, 4) is 0 Å². The van der Waals surface area contributed by atoms with Crippen LogP contribution in [0.2, 0.25) is 0 Å². The minimum Gasteiger partial charge on any atom is -0.157 e. The van der Waals surface area contributed by atoms with E-state index in [9.17, 15) is 0 Å². The van der Waals surface area contributed by atoms with Gasteiger partial charge in [-0.15, -0.1) is 0 Å². The molecule has 0 aromatic heterocycles. The van der Waals surface area contributed by atoms with Crippen LogP contribution >= 0.6 is 0 Å². The van der Waals surface area contributed by atoms with Crippen molar-refractivity contribution in [1.29, 1.82) is 0 Å². The fourth-order valence-corrected chi connectivity index (χ4v) is 2.07. The molecule has 2 nitrogen and oxygen atoms in total. The summed E-state index contributed by atoms with van der Waals surface area (Å²) in [5.74, 6) is 0. The van der Waals surface area contributed by atoms with Crippen LogP contribution in [0.25, 0.3) is 0 Å². The van der Waals surface area contributed by atoms with Crippen molar-refractivity contribution < 1.29 is 0 Å². The van der Waals surface area contributed by atoms with Crippen molar-refractivity contribution >= 4 is 0 Å². The fraction of sp³-hybridized carbons (Fsp3) is 0.500. The van der Waals surface area contributed by atoms with Crippen LogP contribution in [-0.4, -0.2) is 0 Å². The van der Waals surface area contributed by atoms with Crippen molar-refractivity contribution in [2.75, 3.05) is 0 Å². The van der Waals surface area contributed by atoms with Gasteiger partial charge in [0.05, 0.1) is 0 Å². The number of nitrogens with zero attached hydrogens (tertiary/aromatic N) is 2. The lowest BCUT2D eigenvalue weighted by Gasteiger charge is -2.16. The lowest BCUT2D eigenvalue weighted by Crippen LogP contribution is -2.01. The maximum Gasteiger partial charge on any atom is 0.206 e. The third-order valence-electron chi connectivity index (χ3n) is 3.55. The standard InChI is InChI=1S/C12H16N2/c1-6-7(2)9(4)11(12-13-14-12)10(5)8(6)3/h12H,1-5H3. The Bertz CT molecular complexity index is 395. The molecule has 14 heavy (non-hydrogen) atoms. The van der Waals surface area contributed by atoms with E-state index in [4.69, 9.17) is 0 Å². The van der Waals surface area contributed by atoms with E-state index < -0.39 is 0 Å². The Hall–Kier alpha value is -1.18. The van der Waals surface area contributed by atoms with E-state index in [1.807, 2.05) is 0 Å². The molecule has 1 heterocycles. The van der Waals surface area contributed by atoms with E-state index in [0.717, 1.165) is 0 Å². The summed E-state index contributed by atoms with van der Waals surface area (Å²) in [7, 11) is 0. The van der Waals surface area contributed by atoms with Crippen molar-refractivity contribution in [2.45, 2.75) is 40.8 Å². The van der Waals surface area contributed by atoms with Gasteiger partial charge in [0, 0.05) is 5.56 Å². The van der Waals surface area contributed by atoms with Crippen LogP contribution in [0.4, 0.5) is 0 Å². The zero-order valence-corrected chi connectivity index (χ0v) is 9.47. The van der Waals surface area contributed by atoms with Gasteiger partial charge in [-0.05, 0) is 62.4 Å². The first kappa shape index (κ1) is 9.38. The maximum atomic E-state index is 4.03. The summed E-state index contributed by atoms with van der Waals surface area (Å²) in [5, 5.41) is 8.06. The molecule has 0 bridgehead atoms. The number of hydrogen-bond acceptors (Lipinski definition) is 2. The van der Waals surface area contributed by atoms with Gasteiger partial charge in [-0.25, -0.2) is 0 Å². The van der Waals surface area contributed by atoms with Gasteiger partial charge >= 0.3 is 0 Å². The van der Waals surface area contributed by atoms with Crippen LogP contribution in [0.1, 0.15) is 39.5 Å². The Morgan fingerprint density at radius 3 is 1.36 bits per heavy atom. The Labute approximate surface area is 85.1 Å². The first-order valence-electron chi connectivity index (χ1n) is 5.01. The number of hydrogen-bond donors (Lipinski definition) is 0. The summed E-state index contributed by atoms with van der Waals surface area (Å²) in [6.07, 6.45) is 0.132. The van der Waals surface area contributed by atoms with Gasteiger partial charge in [-0.1, -0.05) is 0 Å². The van der Waals surface area contributed by atoms with Crippen LogP contribution in [0.15, 0.2) is 10.2 Å². The highest BCUT2D eigenvalue weighted by Crippen LogP contribution is 2.38. The Balaban J connectivity index is 2.70. The van der Waals surface area contributed by atoms with E-state index in [2.05, 4.69) is 44.8 Å². The van der Waals surface area contributed by atoms with E-state index in [1.165, 1.54) is 33.4 Å². The molecule has 0 radical (unpaired) electrons. The number of rotatable bonds is 1. The molecular weight excluding hydrogens is 172 g/mol. The van der Waals surface area contributed by atoms with Crippen LogP contribution < -0.4 is 0 Å². The summed E-state index contributed by atoms with van der Waals surface area (Å²) in [4.78, 5) is 0. The van der Waals surface area contributed by atoms with Gasteiger partial charge in [-0.2, -0.15) is 10.2 Å². The maximum absolute atomic E-state index is 4.03. The largest absolute Gasteiger partial charge is 0.206 e. The molecule has 0 aliphatic carbocycles. The van der Waals surface area contributed by atoms with Crippen molar-refractivity contribution in [1.82, 2.24) is 0 Å². The first-order valence-corrected chi connectivity index (χ1v) is 5.01. The first-order chi connectivity index (χ1) is 6.54. The Morgan fingerprint density at radius 2 is 1.00 bits per heavy atom. The molecule has 1 aliphatic rings. The SMILES string of the molecule is Cc1c(C)c(C)c(C2N=N2)c(C)c1C. The van der Waals surface area contributed by atoms with Gasteiger partial charge in [-0.3, -0.25) is 0 Å². The molecule has 0 unspecified atom stereocenters. The van der Waals surface area contributed by atoms with Gasteiger partial charge in [0.15, 0.2) is 0 Å². The molecule has 74 valence electrons. The van der Waals surface area contributed by atoms with E-state index >= 15 is 0 Å². The highest BCUT2D eigenvalue weighted by Gasteiger charge is 2.25. The minimum atomic E-state index is 0.132. The average Bonchev–Trinajstić information content (AvgIpc) is 2.96. The summed E-state index contributed by atoms with van der Waals surface area (Å²) in [6.45, 7) is 10.9. The van der Waals surface area contributed by atoms with Gasteiger partial charge < -0.3 is 0 Å². The lowest BCUT2D eigenvalue weighted by molar-refractivity contribution is 0.980. The second-order valence-electron chi connectivity index (χ2n) is 4.14. The highest BCUT2D eigenvalue weighted by molar-refractivity contribution is 5.51. The third kappa shape index (κ3) is 1.17. The average molecular weight is 188 g/mol. The zero-order chi connectivity index (χ0) is 10.5. The fourth-order valence-electron chi connectivity index (χ4n) is 2.07. The molecule has 0 spiro atoms. The molecule has 2 heteroatoms. The van der Waals surface area contributed by atoms with Gasteiger partial charge in [0.2, 0.25) is 6.17 Å². The minimum absolute atomic E-state index is 0.132. The summed E-state index contributed by atoms with van der Waals surface area (Å²) >= 11 is 0. The Morgan fingerprint density at radius 1 is 0.643 bits per heavy atom. The molecule has 0 saturated carbocycles. The van der Waals surface area contributed by atoms with Crippen molar-refractivity contribution in [3.63, 3.8) is 0 Å². The molecule has 1 aromatic rings. The lowest BCUT2D eigenvalue weighted by atomic mass is 9.89. The summed E-state index contributed by atoms with van der Waals surface area (Å²) in [6, 6.07) is 0. The predicted octanol–water partition coefficient (Wildman–Crippen LogP) is 3.69.